The van der Waals surface area contributed by atoms with Gasteiger partial charge in [0.05, 0.1) is 17.3 Å². The molecule has 1 aromatic carbocycles. The van der Waals surface area contributed by atoms with Crippen molar-refractivity contribution < 1.29 is 4.74 Å². The molecule has 27 heavy (non-hydrogen) atoms. The van der Waals surface area contributed by atoms with E-state index < -0.39 is 0 Å². The van der Waals surface area contributed by atoms with E-state index in [0.717, 1.165) is 54.9 Å². The fourth-order valence-electron chi connectivity index (χ4n) is 2.62. The second-order valence-corrected chi connectivity index (χ2v) is 7.49. The van der Waals surface area contributed by atoms with Gasteiger partial charge in [0, 0.05) is 37.5 Å². The van der Waals surface area contributed by atoms with Gasteiger partial charge in [0.25, 0.3) is 0 Å². The van der Waals surface area contributed by atoms with Gasteiger partial charge in [-0.2, -0.15) is 0 Å². The average Bonchev–Trinajstić information content (AvgIpc) is 3.40. The number of ether oxygens (including phenoxy) is 1. The van der Waals surface area contributed by atoms with Crippen LogP contribution in [-0.4, -0.2) is 31.1 Å². The Morgan fingerprint density at radius 3 is 2.81 bits per heavy atom. The number of nitrogens with zero attached hydrogens (tertiary/aromatic N) is 2. The summed E-state index contributed by atoms with van der Waals surface area (Å²) in [6.45, 7) is 4.47. The Morgan fingerprint density at radius 1 is 1.30 bits per heavy atom. The number of aliphatic imine (C=N–C) groups is 1. The van der Waals surface area contributed by atoms with Crippen molar-refractivity contribution in [1.82, 2.24) is 15.6 Å². The van der Waals surface area contributed by atoms with E-state index in [0.29, 0.717) is 6.54 Å². The molecule has 0 atom stereocenters. The van der Waals surface area contributed by atoms with E-state index >= 15 is 0 Å². The molecule has 1 aromatic heterocycles. The third kappa shape index (κ3) is 7.29. The minimum atomic E-state index is 0. The van der Waals surface area contributed by atoms with Gasteiger partial charge in [0.1, 0.15) is 5.75 Å². The van der Waals surface area contributed by atoms with Gasteiger partial charge in [-0.3, -0.25) is 4.99 Å². The number of nitrogens with one attached hydrogen (secondary N) is 2. The lowest BCUT2D eigenvalue weighted by Gasteiger charge is -2.14. The molecule has 5 nitrogen and oxygen atoms in total. The molecule has 0 saturated heterocycles. The number of aromatic nitrogens is 1. The Kier molecular flexibility index (Phi) is 9.33. The molecule has 2 aromatic rings. The summed E-state index contributed by atoms with van der Waals surface area (Å²) < 4.78 is 5.97. The number of benzene rings is 1. The summed E-state index contributed by atoms with van der Waals surface area (Å²) in [7, 11) is 1.79. The van der Waals surface area contributed by atoms with E-state index in [1.807, 2.05) is 18.2 Å². The smallest absolute Gasteiger partial charge is 0.191 e. The van der Waals surface area contributed by atoms with Crippen molar-refractivity contribution in [3.8, 4) is 5.75 Å². The highest BCUT2D eigenvalue weighted by atomic mass is 127. The number of guanidine groups is 1. The summed E-state index contributed by atoms with van der Waals surface area (Å²) in [4.78, 5) is 8.90. The number of halogens is 1. The summed E-state index contributed by atoms with van der Waals surface area (Å²) in [6, 6.07) is 8.22. The molecule has 1 heterocycles. The number of rotatable bonds is 9. The van der Waals surface area contributed by atoms with Crippen LogP contribution in [0.2, 0.25) is 0 Å². The van der Waals surface area contributed by atoms with E-state index in [-0.39, 0.29) is 24.0 Å². The van der Waals surface area contributed by atoms with Crippen LogP contribution in [0, 0.1) is 5.92 Å². The van der Waals surface area contributed by atoms with E-state index in [4.69, 9.17) is 4.74 Å². The van der Waals surface area contributed by atoms with Crippen LogP contribution >= 0.6 is 35.3 Å². The highest BCUT2D eigenvalue weighted by Crippen LogP contribution is 2.30. The van der Waals surface area contributed by atoms with Crippen LogP contribution in [0.5, 0.6) is 5.75 Å². The minimum absolute atomic E-state index is 0. The minimum Gasteiger partial charge on any atom is -0.493 e. The highest BCUT2D eigenvalue weighted by Gasteiger charge is 2.22. The van der Waals surface area contributed by atoms with Crippen molar-refractivity contribution in [3.63, 3.8) is 0 Å². The molecule has 148 valence electrons. The van der Waals surface area contributed by atoms with Crippen LogP contribution in [0.3, 0.4) is 0 Å². The average molecular weight is 500 g/mol. The number of hydrogen-bond donors (Lipinski definition) is 2. The van der Waals surface area contributed by atoms with Crippen LogP contribution in [0.15, 0.2) is 34.6 Å². The van der Waals surface area contributed by atoms with E-state index in [1.54, 1.807) is 18.4 Å². The lowest BCUT2D eigenvalue weighted by molar-refractivity contribution is 0.296. The second kappa shape index (κ2) is 11.5. The van der Waals surface area contributed by atoms with Crippen LogP contribution in [-0.2, 0) is 19.4 Å². The Bertz CT molecular complexity index is 730. The second-order valence-electron chi connectivity index (χ2n) is 6.55. The van der Waals surface area contributed by atoms with Crippen molar-refractivity contribution >= 4 is 41.3 Å². The molecule has 7 heteroatoms. The molecule has 2 N–H and O–H groups in total. The van der Waals surface area contributed by atoms with Crippen molar-refractivity contribution in [1.29, 1.82) is 0 Å². The quantitative estimate of drug-likeness (QED) is 0.310. The maximum absolute atomic E-state index is 5.97. The third-order valence-corrected chi connectivity index (χ3v) is 5.43. The first-order valence-corrected chi connectivity index (χ1v) is 10.2. The topological polar surface area (TPSA) is 58.5 Å². The first-order chi connectivity index (χ1) is 12.8. The molecule has 0 unspecified atom stereocenters. The van der Waals surface area contributed by atoms with E-state index in [2.05, 4.69) is 39.0 Å². The van der Waals surface area contributed by atoms with Gasteiger partial charge in [-0.25, -0.2) is 4.98 Å². The highest BCUT2D eigenvalue weighted by molar-refractivity contribution is 14.0. The first kappa shape index (κ1) is 21.9. The summed E-state index contributed by atoms with van der Waals surface area (Å²) in [6.07, 6.45) is 4.51. The fourth-order valence-corrected chi connectivity index (χ4v) is 3.40. The van der Waals surface area contributed by atoms with Crippen LogP contribution in [0.25, 0.3) is 0 Å². The molecule has 0 amide bonds. The molecule has 1 fully saturated rings. The maximum Gasteiger partial charge on any atom is 0.191 e. The molecule has 1 aliphatic rings. The van der Waals surface area contributed by atoms with Crippen LogP contribution < -0.4 is 15.4 Å². The van der Waals surface area contributed by atoms with Gasteiger partial charge in [0.15, 0.2) is 5.96 Å². The summed E-state index contributed by atoms with van der Waals surface area (Å²) >= 11 is 1.74. The van der Waals surface area contributed by atoms with Crippen molar-refractivity contribution in [2.24, 2.45) is 10.9 Å². The molecule has 0 bridgehead atoms. The van der Waals surface area contributed by atoms with Gasteiger partial charge in [-0.15, -0.1) is 35.3 Å². The zero-order valence-corrected chi connectivity index (χ0v) is 19.2. The van der Waals surface area contributed by atoms with Gasteiger partial charge in [-0.1, -0.05) is 25.1 Å². The number of aryl methyl sites for hydroxylation is 1. The van der Waals surface area contributed by atoms with Crippen molar-refractivity contribution in [2.75, 3.05) is 20.2 Å². The van der Waals surface area contributed by atoms with Crippen LogP contribution in [0.4, 0.5) is 0 Å². The van der Waals surface area contributed by atoms with Crippen LogP contribution in [0.1, 0.15) is 36.0 Å². The van der Waals surface area contributed by atoms with E-state index in [9.17, 15) is 0 Å². The molecular formula is C20H29IN4OS. The fraction of sp³-hybridized carbons (Fsp3) is 0.500. The maximum atomic E-state index is 5.97. The van der Waals surface area contributed by atoms with Crippen molar-refractivity contribution in [2.45, 2.75) is 39.2 Å². The predicted octanol–water partition coefficient (Wildman–Crippen LogP) is 4.02. The van der Waals surface area contributed by atoms with E-state index in [1.165, 1.54) is 17.8 Å². The molecule has 0 aliphatic heterocycles. The number of thiazole rings is 1. The molecule has 0 spiro atoms. The zero-order chi connectivity index (χ0) is 18.2. The normalized spacial score (nSPS) is 13.8. The molecule has 1 aliphatic carbocycles. The van der Waals surface area contributed by atoms with Gasteiger partial charge < -0.3 is 15.4 Å². The monoisotopic (exact) mass is 500 g/mol. The summed E-state index contributed by atoms with van der Waals surface area (Å²) in [5.41, 5.74) is 2.30. The lowest BCUT2D eigenvalue weighted by Crippen LogP contribution is -2.38. The lowest BCUT2D eigenvalue weighted by atomic mass is 10.2. The Balaban J connectivity index is 0.00000261. The molecular weight excluding hydrogens is 471 g/mol. The number of para-hydroxylation sites is 1. The molecule has 0 radical (unpaired) electrons. The number of hydrogen-bond acceptors (Lipinski definition) is 4. The largest absolute Gasteiger partial charge is 0.493 e. The third-order valence-electron chi connectivity index (χ3n) is 4.39. The zero-order valence-electron chi connectivity index (χ0n) is 16.0. The standard InChI is InChI=1S/C20H28N4OS.HI/c1-3-19-24-17(14-26-19)10-11-22-20(21-2)23-12-16-6-4-5-7-18(16)25-13-15-8-9-15;/h4-7,14-15H,3,8-13H2,1-2H3,(H2,21,22,23);1H. The van der Waals surface area contributed by atoms with Gasteiger partial charge in [0.2, 0.25) is 0 Å². The van der Waals surface area contributed by atoms with Gasteiger partial charge in [-0.05, 0) is 31.2 Å². The first-order valence-electron chi connectivity index (χ1n) is 9.37. The predicted molar refractivity (Wildman–Crippen MR) is 123 cm³/mol. The molecule has 3 rings (SSSR count). The summed E-state index contributed by atoms with van der Waals surface area (Å²) in [5.74, 6) is 2.52. The Hall–Kier alpha value is -1.35. The summed E-state index contributed by atoms with van der Waals surface area (Å²) in [5, 5.41) is 10.1. The Labute approximate surface area is 183 Å². The van der Waals surface area contributed by atoms with Crippen molar-refractivity contribution in [3.05, 3.63) is 45.9 Å². The SMILES string of the molecule is CCc1nc(CCNC(=NC)NCc2ccccc2OCC2CC2)cs1.I. The Morgan fingerprint density at radius 2 is 2.11 bits per heavy atom. The molecule has 1 saturated carbocycles. The van der Waals surface area contributed by atoms with Gasteiger partial charge >= 0.3 is 0 Å².